The van der Waals surface area contributed by atoms with Gasteiger partial charge < -0.3 is 20.1 Å². The molecule has 0 bridgehead atoms. The topological polar surface area (TPSA) is 134 Å². The summed E-state index contributed by atoms with van der Waals surface area (Å²) in [7, 11) is -4.38. The zero-order valence-electron chi connectivity index (χ0n) is 38.2. The summed E-state index contributed by atoms with van der Waals surface area (Å²) in [6.45, 7) is 3.72. The third-order valence-corrected chi connectivity index (χ3v) is 11.5. The average Bonchev–Trinajstić information content (AvgIpc) is 3.22. The lowest BCUT2D eigenvalue weighted by atomic mass is 10.1. The first-order valence-corrected chi connectivity index (χ1v) is 26.0. The van der Waals surface area contributed by atoms with Gasteiger partial charge in [0.25, 0.3) is 0 Å². The second-order valence-corrected chi connectivity index (χ2v) is 17.8. The van der Waals surface area contributed by atoms with E-state index in [0.29, 0.717) is 6.42 Å². The molecule has 0 aliphatic rings. The van der Waals surface area contributed by atoms with Crippen molar-refractivity contribution in [1.29, 1.82) is 0 Å². The van der Waals surface area contributed by atoms with Gasteiger partial charge in [-0.15, -0.1) is 0 Å². The van der Waals surface area contributed by atoms with Gasteiger partial charge in [0.05, 0.1) is 13.2 Å². The number of esters is 2. The van der Waals surface area contributed by atoms with E-state index >= 15 is 0 Å². The molecule has 0 spiro atoms. The lowest BCUT2D eigenvalue weighted by Gasteiger charge is -2.19. The fourth-order valence-electron chi connectivity index (χ4n) is 6.84. The Morgan fingerprint density at radius 3 is 1.34 bits per heavy atom. The van der Waals surface area contributed by atoms with Crippen LogP contribution in [0, 0.1) is 0 Å². The van der Waals surface area contributed by atoms with Crippen LogP contribution in [0.1, 0.15) is 232 Å². The highest BCUT2D eigenvalue weighted by Gasteiger charge is 2.26. The standard InChI is InChI=1S/C49H92NO8P/c1-3-5-7-9-11-13-15-17-19-21-23-25-27-29-31-33-35-37-39-41-48(51)55-45-47(46-57-59(53,54)56-44-43-50)58-49(52)42-40-38-36-34-32-30-28-26-24-22-20-18-16-14-12-10-8-6-4-2/h12,14,17-20,47H,3-11,13,15-16,21-46,50H2,1-2H3,(H,53,54)/b14-12+,19-17+,20-18+/t47-/m1/s1. The molecule has 0 saturated heterocycles. The first kappa shape index (κ1) is 57.2. The van der Waals surface area contributed by atoms with Crippen LogP contribution in [-0.4, -0.2) is 49.3 Å². The van der Waals surface area contributed by atoms with Crippen molar-refractivity contribution in [3.8, 4) is 0 Å². The Balaban J connectivity index is 4.07. The van der Waals surface area contributed by atoms with Crippen LogP contribution in [-0.2, 0) is 32.7 Å². The van der Waals surface area contributed by atoms with Crippen molar-refractivity contribution in [2.24, 2.45) is 5.73 Å². The molecule has 0 fully saturated rings. The van der Waals surface area contributed by atoms with E-state index in [2.05, 4.69) is 50.3 Å². The molecule has 0 aromatic carbocycles. The van der Waals surface area contributed by atoms with Crippen molar-refractivity contribution < 1.29 is 37.6 Å². The largest absolute Gasteiger partial charge is 0.472 e. The van der Waals surface area contributed by atoms with Crippen molar-refractivity contribution in [3.63, 3.8) is 0 Å². The second kappa shape index (κ2) is 45.7. The van der Waals surface area contributed by atoms with Gasteiger partial charge in [-0.25, -0.2) is 4.57 Å². The molecule has 2 atom stereocenters. The molecule has 59 heavy (non-hydrogen) atoms. The third kappa shape index (κ3) is 45.6. The highest BCUT2D eigenvalue weighted by molar-refractivity contribution is 7.47. The highest BCUT2D eigenvalue weighted by atomic mass is 31.2. The van der Waals surface area contributed by atoms with E-state index in [9.17, 15) is 19.0 Å². The van der Waals surface area contributed by atoms with E-state index in [4.69, 9.17) is 24.3 Å². The van der Waals surface area contributed by atoms with E-state index < -0.39 is 26.5 Å². The molecule has 0 aromatic heterocycles. The summed E-state index contributed by atoms with van der Waals surface area (Å²) in [5, 5.41) is 0. The Labute approximate surface area is 363 Å². The number of hydrogen-bond donors (Lipinski definition) is 2. The predicted octanol–water partition coefficient (Wildman–Crippen LogP) is 14.5. The first-order chi connectivity index (χ1) is 28.8. The molecule has 1 unspecified atom stereocenters. The van der Waals surface area contributed by atoms with Gasteiger partial charge in [-0.2, -0.15) is 0 Å². The SMILES string of the molecule is CCCCC/C=C/C/C=C/CCCCCCCCCCCC(=O)O[C@H](COC(=O)CCCCCCCCCCC/C=C/CCCCCCCC)COP(=O)(O)OCCN. The fraction of sp³-hybridized carbons (Fsp3) is 0.837. The smallest absolute Gasteiger partial charge is 0.462 e. The number of phosphoric acid groups is 1. The molecule has 346 valence electrons. The molecular formula is C49H92NO8P. The molecular weight excluding hydrogens is 762 g/mol. The quantitative estimate of drug-likeness (QED) is 0.0265. The van der Waals surface area contributed by atoms with Crippen LogP contribution in [0.2, 0.25) is 0 Å². The Morgan fingerprint density at radius 1 is 0.508 bits per heavy atom. The Morgan fingerprint density at radius 2 is 0.881 bits per heavy atom. The minimum Gasteiger partial charge on any atom is -0.462 e. The van der Waals surface area contributed by atoms with Crippen LogP contribution in [0.25, 0.3) is 0 Å². The van der Waals surface area contributed by atoms with Gasteiger partial charge in [0.1, 0.15) is 6.61 Å². The summed E-state index contributed by atoms with van der Waals surface area (Å²) in [6, 6.07) is 0. The van der Waals surface area contributed by atoms with Gasteiger partial charge in [0.15, 0.2) is 6.10 Å². The van der Waals surface area contributed by atoms with Gasteiger partial charge in [-0.05, 0) is 70.6 Å². The maximum atomic E-state index is 12.6. The van der Waals surface area contributed by atoms with E-state index in [1.807, 2.05) is 0 Å². The predicted molar refractivity (Wildman–Crippen MR) is 247 cm³/mol. The zero-order valence-corrected chi connectivity index (χ0v) is 39.1. The average molecular weight is 854 g/mol. The van der Waals surface area contributed by atoms with E-state index in [0.717, 1.165) is 51.4 Å². The normalized spacial score (nSPS) is 13.5. The molecule has 0 radical (unpaired) electrons. The Bertz CT molecular complexity index is 1060. The monoisotopic (exact) mass is 854 g/mol. The molecule has 0 aliphatic heterocycles. The van der Waals surface area contributed by atoms with E-state index in [1.165, 1.54) is 148 Å². The minimum atomic E-state index is -4.38. The molecule has 0 saturated carbocycles. The van der Waals surface area contributed by atoms with Crippen molar-refractivity contribution in [1.82, 2.24) is 0 Å². The molecule has 3 N–H and O–H groups in total. The minimum absolute atomic E-state index is 0.0526. The van der Waals surface area contributed by atoms with E-state index in [1.54, 1.807) is 0 Å². The Kier molecular flexibility index (Phi) is 44.4. The molecule has 0 heterocycles. The number of unbranched alkanes of at least 4 members (excludes halogenated alkanes) is 27. The van der Waals surface area contributed by atoms with Crippen LogP contribution in [0.4, 0.5) is 0 Å². The number of nitrogens with two attached hydrogens (primary N) is 1. The molecule has 0 amide bonds. The van der Waals surface area contributed by atoms with Crippen LogP contribution >= 0.6 is 7.82 Å². The van der Waals surface area contributed by atoms with Crippen molar-refractivity contribution >= 4 is 19.8 Å². The van der Waals surface area contributed by atoms with Gasteiger partial charge in [0.2, 0.25) is 0 Å². The second-order valence-electron chi connectivity index (χ2n) is 16.3. The summed E-state index contributed by atoms with van der Waals surface area (Å²) < 4.78 is 32.9. The number of ether oxygens (including phenoxy) is 2. The number of allylic oxidation sites excluding steroid dienone is 6. The lowest BCUT2D eigenvalue weighted by molar-refractivity contribution is -0.161. The van der Waals surface area contributed by atoms with Crippen LogP contribution in [0.15, 0.2) is 36.5 Å². The van der Waals surface area contributed by atoms with Crippen LogP contribution < -0.4 is 5.73 Å². The van der Waals surface area contributed by atoms with Crippen molar-refractivity contribution in [3.05, 3.63) is 36.5 Å². The molecule has 9 nitrogen and oxygen atoms in total. The number of carbonyl (C=O) groups is 2. The molecule has 0 aromatic rings. The zero-order chi connectivity index (χ0) is 43.2. The highest BCUT2D eigenvalue weighted by Crippen LogP contribution is 2.43. The van der Waals surface area contributed by atoms with Gasteiger partial charge >= 0.3 is 19.8 Å². The molecule has 10 heteroatoms. The van der Waals surface area contributed by atoms with Gasteiger partial charge in [-0.1, -0.05) is 185 Å². The fourth-order valence-corrected chi connectivity index (χ4v) is 7.60. The summed E-state index contributed by atoms with van der Waals surface area (Å²) >= 11 is 0. The van der Waals surface area contributed by atoms with Gasteiger partial charge in [0, 0.05) is 19.4 Å². The summed E-state index contributed by atoms with van der Waals surface area (Å²) in [6.07, 6.45) is 51.7. The Hall–Kier alpha value is -1.77. The number of hydrogen-bond acceptors (Lipinski definition) is 8. The van der Waals surface area contributed by atoms with Gasteiger partial charge in [-0.3, -0.25) is 18.6 Å². The number of carbonyl (C=O) groups excluding carboxylic acids is 2. The van der Waals surface area contributed by atoms with Crippen molar-refractivity contribution in [2.45, 2.75) is 238 Å². The maximum absolute atomic E-state index is 12.6. The lowest BCUT2D eigenvalue weighted by Crippen LogP contribution is -2.29. The summed E-state index contributed by atoms with van der Waals surface area (Å²) in [4.78, 5) is 35.0. The number of rotatable bonds is 46. The molecule has 0 rings (SSSR count). The van der Waals surface area contributed by atoms with E-state index in [-0.39, 0.29) is 38.6 Å². The summed E-state index contributed by atoms with van der Waals surface area (Å²) in [5.74, 6) is -0.829. The van der Waals surface area contributed by atoms with Crippen molar-refractivity contribution in [2.75, 3.05) is 26.4 Å². The third-order valence-electron chi connectivity index (χ3n) is 10.5. The maximum Gasteiger partial charge on any atom is 0.472 e. The van der Waals surface area contributed by atoms with Crippen LogP contribution in [0.3, 0.4) is 0 Å². The number of phosphoric ester groups is 1. The molecule has 0 aliphatic carbocycles. The first-order valence-electron chi connectivity index (χ1n) is 24.5. The summed E-state index contributed by atoms with van der Waals surface area (Å²) in [5.41, 5.74) is 5.36. The van der Waals surface area contributed by atoms with Crippen LogP contribution in [0.5, 0.6) is 0 Å².